The first-order valence-electron chi connectivity index (χ1n) is 2.41. The second-order valence-corrected chi connectivity index (χ2v) is 9.67. The minimum atomic E-state index is -0.00611. The molecule has 0 heterocycles. The van der Waals surface area contributed by atoms with Gasteiger partial charge in [-0.25, -0.2) is 0 Å². The van der Waals surface area contributed by atoms with Gasteiger partial charge < -0.3 is 13.9 Å². The standard InChI is InChI=1S/Li.H13N3Si4/c;4-1-6-3-7-2-5/h;1-3H,6-7H2,4-5H3. The molecule has 0 aliphatic rings. The molecule has 8 heavy (non-hydrogen) atoms. The Labute approximate surface area is 73.3 Å². The quantitative estimate of drug-likeness (QED) is 0.293. The fraction of sp³-hybridized carbons (Fsp3) is 0. The molecule has 0 bridgehead atoms. The van der Waals surface area contributed by atoms with Crippen LogP contribution in [0.5, 0.6) is 0 Å². The van der Waals surface area contributed by atoms with E-state index >= 15 is 0 Å². The zero-order chi connectivity index (χ0) is 5.54. The van der Waals surface area contributed by atoms with E-state index in [9.17, 15) is 0 Å². The zero-order valence-corrected chi connectivity index (χ0v) is 12.7. The summed E-state index contributed by atoms with van der Waals surface area (Å²) in [7, 11) is 2.31. The monoisotopic (exact) mass is 174 g/mol. The van der Waals surface area contributed by atoms with Gasteiger partial charge in [0.05, 0.1) is 20.8 Å². The van der Waals surface area contributed by atoms with E-state index in [0.29, 0.717) is 0 Å². The number of nitrogens with one attached hydrogen (secondary N) is 3. The van der Waals surface area contributed by atoms with E-state index in [1.165, 1.54) is 0 Å². The summed E-state index contributed by atoms with van der Waals surface area (Å²) in [5.74, 6) is 0. The van der Waals surface area contributed by atoms with Crippen LogP contribution in [-0.2, 0) is 0 Å². The Morgan fingerprint density at radius 1 is 1.00 bits per heavy atom. The van der Waals surface area contributed by atoms with Crippen molar-refractivity contribution in [1.82, 2.24) is 13.9 Å². The van der Waals surface area contributed by atoms with Gasteiger partial charge in [-0.1, -0.05) is 0 Å². The number of hydrogen-bond acceptors (Lipinski definition) is 3. The summed E-state index contributed by atoms with van der Waals surface area (Å²) in [4.78, 5) is 0. The van der Waals surface area contributed by atoms with Gasteiger partial charge in [0.25, 0.3) is 0 Å². The molecular weight excluding hydrogens is 161 g/mol. The Bertz CT molecular complexity index is 30.5. The molecule has 0 saturated carbocycles. The zero-order valence-electron chi connectivity index (χ0n) is 5.91. The maximum absolute atomic E-state index is 3.41. The molecule has 1 radical (unpaired) electrons. The van der Waals surface area contributed by atoms with Crippen molar-refractivity contribution in [2.45, 2.75) is 0 Å². The van der Waals surface area contributed by atoms with Gasteiger partial charge in [-0.2, -0.15) is 0 Å². The predicted octanol–water partition coefficient (Wildman–Crippen LogP) is -6.07. The summed E-state index contributed by atoms with van der Waals surface area (Å²) in [6, 6.07) is 0. The van der Waals surface area contributed by atoms with Gasteiger partial charge in [0.15, 0.2) is 19.7 Å². The molecule has 0 atom stereocenters. The van der Waals surface area contributed by atoms with Crippen molar-refractivity contribution in [3.8, 4) is 0 Å². The molecule has 0 unspecified atom stereocenters. The molecule has 0 aromatic heterocycles. The van der Waals surface area contributed by atoms with Crippen molar-refractivity contribution < 1.29 is 0 Å². The fourth-order valence-corrected chi connectivity index (χ4v) is 7.31. The third-order valence-electron chi connectivity index (χ3n) is 0.604. The van der Waals surface area contributed by atoms with Crippen LogP contribution in [0.1, 0.15) is 0 Å². The normalized spacial score (nSPS) is 12.0. The van der Waals surface area contributed by atoms with Crippen molar-refractivity contribution in [3.05, 3.63) is 0 Å². The van der Waals surface area contributed by atoms with Crippen LogP contribution in [0.3, 0.4) is 0 Å². The summed E-state index contributed by atoms with van der Waals surface area (Å²) in [5.41, 5.74) is 0. The van der Waals surface area contributed by atoms with E-state index in [4.69, 9.17) is 0 Å². The molecule has 0 fully saturated rings. The topological polar surface area (TPSA) is 36.1 Å². The van der Waals surface area contributed by atoms with Crippen LogP contribution in [0.4, 0.5) is 0 Å². The van der Waals surface area contributed by atoms with Gasteiger partial charge in [0, 0.05) is 18.9 Å². The van der Waals surface area contributed by atoms with Gasteiger partial charge in [-0.15, -0.1) is 0 Å². The number of rotatable bonds is 4. The maximum atomic E-state index is 3.41. The molecule has 45 valence electrons. The van der Waals surface area contributed by atoms with Gasteiger partial charge in [0.2, 0.25) is 0 Å². The molecule has 0 saturated heterocycles. The molecule has 0 aromatic rings. The van der Waals surface area contributed by atoms with E-state index < -0.39 is 0 Å². The first kappa shape index (κ1) is 12.1. The molecule has 0 aromatic carbocycles. The first-order chi connectivity index (χ1) is 3.41. The van der Waals surface area contributed by atoms with Crippen LogP contribution in [-0.4, -0.2) is 59.4 Å². The Morgan fingerprint density at radius 3 is 1.62 bits per heavy atom. The first-order valence-corrected chi connectivity index (χ1v) is 7.24. The molecule has 3 nitrogen and oxygen atoms in total. The van der Waals surface area contributed by atoms with Crippen LogP contribution in [0.2, 0.25) is 0 Å². The molecule has 0 aliphatic carbocycles. The molecule has 0 rings (SSSR count). The van der Waals surface area contributed by atoms with Crippen molar-refractivity contribution in [2.75, 3.05) is 0 Å². The minimum Gasteiger partial charge on any atom is -0.360 e. The van der Waals surface area contributed by atoms with E-state index in [1.54, 1.807) is 0 Å². The van der Waals surface area contributed by atoms with E-state index in [2.05, 4.69) is 13.9 Å². The summed E-state index contributed by atoms with van der Waals surface area (Å²) < 4.78 is 9.97. The summed E-state index contributed by atoms with van der Waals surface area (Å²) in [6.45, 7) is 0. The second-order valence-electron chi connectivity index (χ2n) is 1.31. The SMILES string of the molecule is [Li].[SiH3]N[SiH2]N[SiH2]N[SiH3]. The van der Waals surface area contributed by atoms with Crippen molar-refractivity contribution in [3.63, 3.8) is 0 Å². The minimum absolute atomic E-state index is 0. The Morgan fingerprint density at radius 2 is 1.38 bits per heavy atom. The molecule has 3 N–H and O–H groups in total. The average molecular weight is 174 g/mol. The molecule has 0 aliphatic heterocycles. The van der Waals surface area contributed by atoms with Crippen LogP contribution < -0.4 is 13.9 Å². The average Bonchev–Trinajstić information content (AvgIpc) is 1.69. The predicted molar refractivity (Wildman–Crippen MR) is 52.1 cm³/mol. The Hall–Kier alpha value is 1.34. The molecule has 0 spiro atoms. The van der Waals surface area contributed by atoms with Gasteiger partial charge in [-0.3, -0.25) is 0 Å². The summed E-state index contributed by atoms with van der Waals surface area (Å²) >= 11 is 0. The maximum Gasteiger partial charge on any atom is 0.154 e. The smallest absolute Gasteiger partial charge is 0.154 e. The van der Waals surface area contributed by atoms with Crippen LogP contribution in [0.15, 0.2) is 0 Å². The third kappa shape index (κ3) is 10.4. The van der Waals surface area contributed by atoms with E-state index in [1.807, 2.05) is 0 Å². The second kappa shape index (κ2) is 11.2. The fourth-order valence-electron chi connectivity index (χ4n) is 0.312. The van der Waals surface area contributed by atoms with E-state index in [-0.39, 0.29) is 38.5 Å². The largest absolute Gasteiger partial charge is 0.360 e. The Kier molecular flexibility index (Phi) is 16.9. The van der Waals surface area contributed by atoms with Crippen LogP contribution >= 0.6 is 0 Å². The van der Waals surface area contributed by atoms with Gasteiger partial charge in [-0.05, 0) is 0 Å². The van der Waals surface area contributed by atoms with Crippen molar-refractivity contribution in [2.24, 2.45) is 0 Å². The van der Waals surface area contributed by atoms with Crippen molar-refractivity contribution >= 4 is 59.4 Å². The van der Waals surface area contributed by atoms with Crippen molar-refractivity contribution in [1.29, 1.82) is 0 Å². The summed E-state index contributed by atoms with van der Waals surface area (Å²) in [5, 5.41) is 0. The molecule has 8 heteroatoms. The third-order valence-corrected chi connectivity index (χ3v) is 5.43. The Balaban J connectivity index is 0. The number of hydrogen-bond donors (Lipinski definition) is 3. The summed E-state index contributed by atoms with van der Waals surface area (Å²) in [6.07, 6.45) is 0. The van der Waals surface area contributed by atoms with E-state index in [0.717, 1.165) is 20.8 Å². The van der Waals surface area contributed by atoms with Crippen LogP contribution in [0, 0.1) is 0 Å². The molecule has 0 amide bonds. The van der Waals surface area contributed by atoms with Crippen LogP contribution in [0.25, 0.3) is 0 Å². The van der Waals surface area contributed by atoms with Gasteiger partial charge in [0.1, 0.15) is 0 Å². The van der Waals surface area contributed by atoms with Gasteiger partial charge >= 0.3 is 0 Å². The molecular formula is H13LiN3Si4.